The lowest BCUT2D eigenvalue weighted by Gasteiger charge is -2.25. The Morgan fingerprint density at radius 2 is 1.83 bits per heavy atom. The Labute approximate surface area is 195 Å². The molecule has 0 radical (unpaired) electrons. The third-order valence-corrected chi connectivity index (χ3v) is 5.08. The highest BCUT2D eigenvalue weighted by Gasteiger charge is 2.23. The summed E-state index contributed by atoms with van der Waals surface area (Å²) in [5, 5.41) is 17.2. The minimum Gasteiger partial charge on any atom is -0.384 e. The largest absolute Gasteiger partial charge is 0.384 e. The summed E-state index contributed by atoms with van der Waals surface area (Å²) in [6, 6.07) is 17.6. The van der Waals surface area contributed by atoms with Gasteiger partial charge in [-0.05, 0) is 43.5 Å². The van der Waals surface area contributed by atoms with Crippen LogP contribution in [0.3, 0.4) is 0 Å². The van der Waals surface area contributed by atoms with E-state index in [-0.39, 0.29) is 29.9 Å². The number of anilines is 1. The first-order chi connectivity index (χ1) is 14.0. The second-order valence-electron chi connectivity index (χ2n) is 7.50. The van der Waals surface area contributed by atoms with Crippen molar-refractivity contribution in [1.82, 2.24) is 10.6 Å². The molecule has 162 valence electrons. The topological polar surface area (TPSA) is 77.0 Å². The lowest BCUT2D eigenvalue weighted by atomic mass is 9.96. The average Bonchev–Trinajstić information content (AvgIpc) is 3.17. The third kappa shape index (κ3) is 6.43. The van der Waals surface area contributed by atoms with Gasteiger partial charge in [0.1, 0.15) is 5.60 Å². The van der Waals surface area contributed by atoms with E-state index in [2.05, 4.69) is 15.6 Å². The van der Waals surface area contributed by atoms with Crippen LogP contribution in [0.2, 0.25) is 0 Å². The number of amides is 1. The van der Waals surface area contributed by atoms with E-state index in [4.69, 9.17) is 0 Å². The number of rotatable bonds is 7. The molecule has 1 saturated heterocycles. The number of hydrogen-bond acceptors (Lipinski definition) is 3. The number of aliphatic imine (C=N–C) groups is 1. The van der Waals surface area contributed by atoms with Crippen molar-refractivity contribution >= 4 is 41.5 Å². The van der Waals surface area contributed by atoms with E-state index in [1.807, 2.05) is 66.4 Å². The quantitative estimate of drug-likeness (QED) is 0.296. The van der Waals surface area contributed by atoms with E-state index < -0.39 is 5.60 Å². The summed E-state index contributed by atoms with van der Waals surface area (Å²) in [4.78, 5) is 18.3. The van der Waals surface area contributed by atoms with Crippen molar-refractivity contribution in [2.75, 3.05) is 24.5 Å². The molecule has 1 aliphatic rings. The van der Waals surface area contributed by atoms with Gasteiger partial charge in [0.25, 0.3) is 0 Å². The van der Waals surface area contributed by atoms with Gasteiger partial charge in [0, 0.05) is 25.2 Å². The SMILES string of the molecule is CCNC(=NCc1ccc(N2CCCC2=O)cc1)NCC(C)(O)c1ccccc1.I. The van der Waals surface area contributed by atoms with E-state index in [9.17, 15) is 9.90 Å². The maximum absolute atomic E-state index is 11.9. The molecule has 0 aliphatic carbocycles. The average molecular weight is 522 g/mol. The molecule has 1 fully saturated rings. The number of halogens is 1. The number of carbonyl (C=O) groups is 1. The van der Waals surface area contributed by atoms with Crippen LogP contribution < -0.4 is 15.5 Å². The Kier molecular flexibility index (Phi) is 9.10. The van der Waals surface area contributed by atoms with Gasteiger partial charge in [-0.1, -0.05) is 42.5 Å². The fraction of sp³-hybridized carbons (Fsp3) is 0.391. The smallest absolute Gasteiger partial charge is 0.227 e. The molecule has 0 saturated carbocycles. The van der Waals surface area contributed by atoms with Crippen LogP contribution in [0.4, 0.5) is 5.69 Å². The fourth-order valence-corrected chi connectivity index (χ4v) is 3.37. The van der Waals surface area contributed by atoms with Crippen molar-refractivity contribution in [3.8, 4) is 0 Å². The van der Waals surface area contributed by atoms with Gasteiger partial charge in [0.05, 0.1) is 13.1 Å². The molecule has 3 N–H and O–H groups in total. The van der Waals surface area contributed by atoms with Crippen molar-refractivity contribution in [3.63, 3.8) is 0 Å². The Balaban J connectivity index is 0.00000320. The molecule has 30 heavy (non-hydrogen) atoms. The number of carbonyl (C=O) groups excluding carboxylic acids is 1. The Hall–Kier alpha value is -2.13. The van der Waals surface area contributed by atoms with Crippen LogP contribution in [0.25, 0.3) is 0 Å². The van der Waals surface area contributed by atoms with Crippen LogP contribution in [0.5, 0.6) is 0 Å². The number of aliphatic hydroxyl groups is 1. The Morgan fingerprint density at radius 3 is 2.43 bits per heavy atom. The van der Waals surface area contributed by atoms with Gasteiger partial charge in [-0.3, -0.25) is 4.79 Å². The number of benzene rings is 2. The maximum Gasteiger partial charge on any atom is 0.227 e. The first-order valence-corrected chi connectivity index (χ1v) is 10.2. The Bertz CT molecular complexity index is 838. The van der Waals surface area contributed by atoms with E-state index in [1.165, 1.54) is 0 Å². The van der Waals surface area contributed by atoms with Crippen LogP contribution in [0.1, 0.15) is 37.8 Å². The molecule has 0 aromatic heterocycles. The molecule has 1 unspecified atom stereocenters. The summed E-state index contributed by atoms with van der Waals surface area (Å²) in [7, 11) is 0. The van der Waals surface area contributed by atoms with Gasteiger partial charge in [0.15, 0.2) is 5.96 Å². The molecule has 1 amide bonds. The van der Waals surface area contributed by atoms with Crippen molar-refractivity contribution < 1.29 is 9.90 Å². The molecule has 1 heterocycles. The zero-order valence-electron chi connectivity index (χ0n) is 17.6. The van der Waals surface area contributed by atoms with Crippen LogP contribution >= 0.6 is 24.0 Å². The molecule has 6 nitrogen and oxygen atoms in total. The molecule has 0 bridgehead atoms. The maximum atomic E-state index is 11.9. The van der Waals surface area contributed by atoms with Crippen molar-refractivity contribution in [1.29, 1.82) is 0 Å². The number of nitrogens with one attached hydrogen (secondary N) is 2. The standard InChI is InChI=1S/C23H30N4O2.HI/c1-3-24-22(26-17-23(2,29)19-8-5-4-6-9-19)25-16-18-11-13-20(14-12-18)27-15-7-10-21(27)28;/h4-6,8-9,11-14,29H,3,7,10,15-17H2,1-2H3,(H2,24,25,26);1H. The highest BCUT2D eigenvalue weighted by Crippen LogP contribution is 2.22. The molecular formula is C23H31IN4O2. The van der Waals surface area contributed by atoms with Crippen LogP contribution in [-0.2, 0) is 16.9 Å². The van der Waals surface area contributed by atoms with E-state index in [0.29, 0.717) is 25.5 Å². The number of hydrogen-bond donors (Lipinski definition) is 3. The number of guanidine groups is 1. The fourth-order valence-electron chi connectivity index (χ4n) is 3.37. The molecule has 7 heteroatoms. The monoisotopic (exact) mass is 522 g/mol. The van der Waals surface area contributed by atoms with Crippen LogP contribution in [0, 0.1) is 0 Å². The van der Waals surface area contributed by atoms with E-state index >= 15 is 0 Å². The minimum absolute atomic E-state index is 0. The summed E-state index contributed by atoms with van der Waals surface area (Å²) < 4.78 is 0. The predicted octanol–water partition coefficient (Wildman–Crippen LogP) is 3.39. The van der Waals surface area contributed by atoms with Gasteiger partial charge >= 0.3 is 0 Å². The predicted molar refractivity (Wildman–Crippen MR) is 132 cm³/mol. The molecule has 0 spiro atoms. The summed E-state index contributed by atoms with van der Waals surface area (Å²) >= 11 is 0. The summed E-state index contributed by atoms with van der Waals surface area (Å²) in [6.45, 7) is 6.18. The lowest BCUT2D eigenvalue weighted by molar-refractivity contribution is -0.117. The molecule has 1 aliphatic heterocycles. The second-order valence-corrected chi connectivity index (χ2v) is 7.50. The van der Waals surface area contributed by atoms with Gasteiger partial charge in [0.2, 0.25) is 5.91 Å². The van der Waals surface area contributed by atoms with Crippen LogP contribution in [-0.4, -0.2) is 36.6 Å². The molecule has 1 atom stereocenters. The zero-order chi connectivity index (χ0) is 20.7. The van der Waals surface area contributed by atoms with Gasteiger partial charge in [-0.25, -0.2) is 4.99 Å². The summed E-state index contributed by atoms with van der Waals surface area (Å²) in [5.41, 5.74) is 1.87. The van der Waals surface area contributed by atoms with Gasteiger partial charge < -0.3 is 20.6 Å². The highest BCUT2D eigenvalue weighted by atomic mass is 127. The Morgan fingerprint density at radius 1 is 1.13 bits per heavy atom. The zero-order valence-corrected chi connectivity index (χ0v) is 19.9. The molecule has 2 aromatic carbocycles. The molecule has 3 rings (SSSR count). The lowest BCUT2D eigenvalue weighted by Crippen LogP contribution is -2.44. The summed E-state index contributed by atoms with van der Waals surface area (Å²) in [5.74, 6) is 0.849. The van der Waals surface area contributed by atoms with Crippen molar-refractivity contribution in [2.45, 2.75) is 38.8 Å². The normalized spacial score (nSPS) is 16.0. The molecule has 2 aromatic rings. The second kappa shape index (κ2) is 11.3. The minimum atomic E-state index is -0.999. The van der Waals surface area contributed by atoms with E-state index in [1.54, 1.807) is 6.92 Å². The first-order valence-electron chi connectivity index (χ1n) is 10.2. The van der Waals surface area contributed by atoms with Crippen molar-refractivity contribution in [3.05, 3.63) is 65.7 Å². The highest BCUT2D eigenvalue weighted by molar-refractivity contribution is 14.0. The summed E-state index contributed by atoms with van der Waals surface area (Å²) in [6.07, 6.45) is 1.56. The molecular weight excluding hydrogens is 491 g/mol. The van der Waals surface area contributed by atoms with Crippen molar-refractivity contribution in [2.24, 2.45) is 4.99 Å². The van der Waals surface area contributed by atoms with Crippen LogP contribution in [0.15, 0.2) is 59.6 Å². The van der Waals surface area contributed by atoms with E-state index in [0.717, 1.165) is 36.3 Å². The van der Waals surface area contributed by atoms with Gasteiger partial charge in [-0.2, -0.15) is 0 Å². The third-order valence-electron chi connectivity index (χ3n) is 5.08. The first kappa shape index (κ1) is 24.1. The number of nitrogens with zero attached hydrogens (tertiary/aromatic N) is 2. The van der Waals surface area contributed by atoms with Gasteiger partial charge in [-0.15, -0.1) is 24.0 Å².